The van der Waals surface area contributed by atoms with Crippen LogP contribution < -0.4 is 3.58 Å². The van der Waals surface area contributed by atoms with E-state index in [0.29, 0.717) is 0 Å². The van der Waals surface area contributed by atoms with Crippen molar-refractivity contribution in [2.45, 2.75) is 0 Å². The summed E-state index contributed by atoms with van der Waals surface area (Å²) in [6, 6.07) is 3.91. The number of benzene rings is 1. The second kappa shape index (κ2) is 2.64. The van der Waals surface area contributed by atoms with E-state index in [2.05, 4.69) is 0 Å². The Kier molecular flexibility index (Phi) is 2.05. The molecule has 0 amide bonds. The normalized spacial score (nSPS) is 9.67. The molecule has 0 aliphatic rings. The van der Waals surface area contributed by atoms with Crippen LogP contribution in [-0.2, 0) is 0 Å². The van der Waals surface area contributed by atoms with Gasteiger partial charge < -0.3 is 0 Å². The Hall–Kier alpha value is -0.121. The van der Waals surface area contributed by atoms with Crippen molar-refractivity contribution in [1.82, 2.24) is 0 Å². The van der Waals surface area contributed by atoms with Gasteiger partial charge in [-0.2, -0.15) is 0 Å². The molecule has 45 valence electrons. The Labute approximate surface area is 65.0 Å². The van der Waals surface area contributed by atoms with Gasteiger partial charge in [0.2, 0.25) is 0 Å². The first-order chi connectivity index (χ1) is 4.20. The first-order valence-corrected chi connectivity index (χ1v) is 3.79. The Balaban J connectivity index is 3.17. The van der Waals surface area contributed by atoms with E-state index in [0.717, 1.165) is 32.2 Å². The molecule has 0 unspecified atom stereocenters. The molecule has 0 saturated carbocycles. The van der Waals surface area contributed by atoms with Crippen molar-refractivity contribution >= 4 is 26.1 Å². The van der Waals surface area contributed by atoms with E-state index in [9.17, 15) is 8.78 Å². The third-order valence-corrected chi connectivity index (χ3v) is 1.81. The number of hydrogen-bond donors (Lipinski definition) is 0. The van der Waals surface area contributed by atoms with Crippen LogP contribution in [0.1, 0.15) is 0 Å². The second-order valence-electron chi connectivity index (χ2n) is 1.63. The molecule has 0 aliphatic carbocycles. The summed E-state index contributed by atoms with van der Waals surface area (Å²) in [6.45, 7) is 0. The molecule has 0 heterocycles. The summed E-state index contributed by atoms with van der Waals surface area (Å²) in [7, 11) is 0. The Morgan fingerprint density at radius 2 is 1.78 bits per heavy atom. The van der Waals surface area contributed by atoms with Gasteiger partial charge >= 0.3 is 64.7 Å². The van der Waals surface area contributed by atoms with Crippen molar-refractivity contribution in [3.63, 3.8) is 0 Å². The molecule has 3 radical (unpaired) electrons. The Morgan fingerprint density at radius 3 is 2.22 bits per heavy atom. The molecule has 9 heavy (non-hydrogen) atoms. The van der Waals surface area contributed by atoms with Crippen molar-refractivity contribution in [3.8, 4) is 0 Å². The van der Waals surface area contributed by atoms with Crippen LogP contribution in [0, 0.1) is 11.6 Å². The summed E-state index contributed by atoms with van der Waals surface area (Å²) in [5, 5.41) is 0. The van der Waals surface area contributed by atoms with E-state index < -0.39 is 11.6 Å². The minimum absolute atomic E-state index is 0.760. The summed E-state index contributed by atoms with van der Waals surface area (Å²) < 4.78 is 25.2. The summed E-state index contributed by atoms with van der Waals surface area (Å²) in [4.78, 5) is 0. The molecule has 0 bridgehead atoms. The fraction of sp³-hybridized carbons (Fsp3) is 0. The van der Waals surface area contributed by atoms with E-state index in [-0.39, 0.29) is 0 Å². The number of hydrogen-bond acceptors (Lipinski definition) is 0. The minimum atomic E-state index is -0.777. The quantitative estimate of drug-likeness (QED) is 0.579. The van der Waals surface area contributed by atoms with Crippen LogP contribution in [0.15, 0.2) is 18.2 Å². The summed E-state index contributed by atoms with van der Waals surface area (Å²) in [5.74, 6) is -1.54. The van der Waals surface area contributed by atoms with Gasteiger partial charge in [-0.05, 0) is 0 Å². The predicted octanol–water partition coefficient (Wildman–Crippen LogP) is 0.759. The molecule has 0 aliphatic heterocycles. The first-order valence-electron chi connectivity index (χ1n) is 2.37. The van der Waals surface area contributed by atoms with Crippen molar-refractivity contribution in [1.29, 1.82) is 0 Å². The maximum absolute atomic E-state index is 12.2. The molecule has 3 heteroatoms. The molecule has 0 nitrogen and oxygen atoms in total. The topological polar surface area (TPSA) is 0 Å². The van der Waals surface area contributed by atoms with Gasteiger partial charge in [-0.1, -0.05) is 0 Å². The molecule has 0 N–H and O–H groups in total. The van der Waals surface area contributed by atoms with Crippen LogP contribution in [0.4, 0.5) is 8.78 Å². The fourth-order valence-electron chi connectivity index (χ4n) is 0.496. The zero-order chi connectivity index (χ0) is 6.85. The number of rotatable bonds is 0. The molecule has 0 saturated heterocycles. The van der Waals surface area contributed by atoms with Crippen molar-refractivity contribution < 1.29 is 8.78 Å². The average Bonchev–Trinajstić information content (AvgIpc) is 1.80. The van der Waals surface area contributed by atoms with E-state index >= 15 is 0 Å². The predicted molar refractivity (Wildman–Crippen MR) is 31.7 cm³/mol. The van der Waals surface area contributed by atoms with Gasteiger partial charge in [0.15, 0.2) is 0 Å². The number of halogens is 2. The molecule has 0 fully saturated rings. The van der Waals surface area contributed by atoms with Crippen LogP contribution >= 0.6 is 0 Å². The molecule has 0 atom stereocenters. The summed E-state index contributed by atoms with van der Waals surface area (Å²) in [6.07, 6.45) is 0. The Morgan fingerprint density at radius 1 is 1.11 bits per heavy atom. The van der Waals surface area contributed by atoms with Crippen molar-refractivity contribution in [2.24, 2.45) is 0 Å². The van der Waals surface area contributed by atoms with Gasteiger partial charge in [-0.3, -0.25) is 0 Å². The van der Waals surface area contributed by atoms with Gasteiger partial charge in [0.1, 0.15) is 0 Å². The van der Waals surface area contributed by atoms with Gasteiger partial charge in [0.05, 0.1) is 0 Å². The van der Waals surface area contributed by atoms with E-state index in [1.165, 1.54) is 6.07 Å². The maximum atomic E-state index is 12.2. The first kappa shape index (κ1) is 6.99. The van der Waals surface area contributed by atoms with E-state index in [4.69, 9.17) is 0 Å². The molecule has 0 aromatic heterocycles. The summed E-state index contributed by atoms with van der Waals surface area (Å²) in [5.41, 5.74) is 0. The summed E-state index contributed by atoms with van der Waals surface area (Å²) >= 11 is 1.10. The standard InChI is InChI=1S/C6H3F2.Sn/c7-5-3-1-2-4-6(5)8;/h1,3-4H;. The van der Waals surface area contributed by atoms with Crippen molar-refractivity contribution in [3.05, 3.63) is 29.8 Å². The third-order valence-electron chi connectivity index (χ3n) is 0.920. The SMILES string of the molecule is Fc1cc[c]([Sn])cc1F. The van der Waals surface area contributed by atoms with Crippen LogP contribution in [0.5, 0.6) is 0 Å². The van der Waals surface area contributed by atoms with Crippen LogP contribution in [0.3, 0.4) is 0 Å². The average molecular weight is 232 g/mol. The van der Waals surface area contributed by atoms with E-state index in [1.807, 2.05) is 0 Å². The molecule has 1 aromatic carbocycles. The van der Waals surface area contributed by atoms with Gasteiger partial charge in [-0.25, -0.2) is 0 Å². The van der Waals surface area contributed by atoms with Gasteiger partial charge in [-0.15, -0.1) is 0 Å². The Bertz CT molecular complexity index is 222. The molecular weight excluding hydrogens is 229 g/mol. The van der Waals surface area contributed by atoms with Crippen LogP contribution in [0.25, 0.3) is 0 Å². The third kappa shape index (κ3) is 1.64. The zero-order valence-corrected chi connectivity index (χ0v) is 7.34. The molecule has 1 rings (SSSR count). The monoisotopic (exact) mass is 233 g/mol. The van der Waals surface area contributed by atoms with Crippen LogP contribution in [-0.4, -0.2) is 22.5 Å². The molecule has 0 spiro atoms. The van der Waals surface area contributed by atoms with Crippen molar-refractivity contribution in [2.75, 3.05) is 0 Å². The van der Waals surface area contributed by atoms with Gasteiger partial charge in [0.25, 0.3) is 0 Å². The van der Waals surface area contributed by atoms with Crippen LogP contribution in [0.2, 0.25) is 0 Å². The fourth-order valence-corrected chi connectivity index (χ4v) is 1.10. The second-order valence-corrected chi connectivity index (χ2v) is 3.28. The molecular formula is C6H3F2Sn. The van der Waals surface area contributed by atoms with Gasteiger partial charge in [0, 0.05) is 0 Å². The zero-order valence-electron chi connectivity index (χ0n) is 4.49. The molecule has 1 aromatic rings. The van der Waals surface area contributed by atoms with E-state index in [1.54, 1.807) is 6.07 Å².